The third-order valence-corrected chi connectivity index (χ3v) is 2.31. The van der Waals surface area contributed by atoms with Crippen LogP contribution in [0, 0.1) is 5.82 Å². The molecule has 8 heteroatoms. The molecule has 0 saturated heterocycles. The van der Waals surface area contributed by atoms with Crippen LogP contribution in [-0.4, -0.2) is 39.3 Å². The summed E-state index contributed by atoms with van der Waals surface area (Å²) in [6, 6.07) is 3.90. The molecule has 0 saturated carbocycles. The summed E-state index contributed by atoms with van der Waals surface area (Å²) >= 11 is 0. The number of carbonyl (C=O) groups excluding carboxylic acids is 1. The van der Waals surface area contributed by atoms with Gasteiger partial charge in [0.05, 0.1) is 6.61 Å². The number of hydrogen-bond donors (Lipinski definition) is 1. The van der Waals surface area contributed by atoms with Crippen LogP contribution in [0.5, 0.6) is 5.88 Å². The molecular formula is C12H12FN3O4. The first-order valence-electron chi connectivity index (χ1n) is 5.80. The Labute approximate surface area is 113 Å². The van der Waals surface area contributed by atoms with Gasteiger partial charge in [-0.3, -0.25) is 4.98 Å². The number of ether oxygens (including phenoxy) is 2. The highest BCUT2D eigenvalue weighted by molar-refractivity contribution is 5.71. The molecule has 2 aromatic heterocycles. The smallest absolute Gasteiger partial charge is 0.344 e. The SMILES string of the molecule is CCOC(=O)COc1cc(-c2ncccc2F)n(O)n1. The van der Waals surface area contributed by atoms with Crippen molar-refractivity contribution in [1.82, 2.24) is 14.9 Å². The van der Waals surface area contributed by atoms with Crippen LogP contribution in [0.3, 0.4) is 0 Å². The van der Waals surface area contributed by atoms with Crippen LogP contribution < -0.4 is 4.74 Å². The van der Waals surface area contributed by atoms with Crippen LogP contribution in [0.25, 0.3) is 11.4 Å². The highest BCUT2D eigenvalue weighted by atomic mass is 19.1. The number of carbonyl (C=O) groups is 1. The Balaban J connectivity index is 2.14. The summed E-state index contributed by atoms with van der Waals surface area (Å²) in [6.45, 7) is 1.55. The summed E-state index contributed by atoms with van der Waals surface area (Å²) in [5, 5.41) is 13.2. The first kappa shape index (κ1) is 13.8. The predicted molar refractivity (Wildman–Crippen MR) is 64.7 cm³/mol. The molecule has 0 aliphatic carbocycles. The Morgan fingerprint density at radius 3 is 3.05 bits per heavy atom. The lowest BCUT2D eigenvalue weighted by atomic mass is 10.2. The first-order chi connectivity index (χ1) is 9.61. The molecule has 0 aliphatic heterocycles. The lowest BCUT2D eigenvalue weighted by Gasteiger charge is -2.01. The van der Waals surface area contributed by atoms with E-state index in [1.165, 1.54) is 24.4 Å². The molecular weight excluding hydrogens is 269 g/mol. The highest BCUT2D eigenvalue weighted by Gasteiger charge is 2.16. The van der Waals surface area contributed by atoms with E-state index in [1.807, 2.05) is 0 Å². The zero-order valence-electron chi connectivity index (χ0n) is 10.6. The fraction of sp³-hybridized carbons (Fsp3) is 0.250. The molecule has 0 amide bonds. The zero-order valence-corrected chi connectivity index (χ0v) is 10.6. The van der Waals surface area contributed by atoms with Gasteiger partial charge in [0.1, 0.15) is 11.4 Å². The van der Waals surface area contributed by atoms with Gasteiger partial charge in [0.15, 0.2) is 12.4 Å². The Morgan fingerprint density at radius 1 is 1.55 bits per heavy atom. The van der Waals surface area contributed by atoms with Gasteiger partial charge in [-0.2, -0.15) is 0 Å². The van der Waals surface area contributed by atoms with Gasteiger partial charge >= 0.3 is 5.97 Å². The van der Waals surface area contributed by atoms with Crippen molar-refractivity contribution in [2.75, 3.05) is 13.2 Å². The van der Waals surface area contributed by atoms with Crippen LogP contribution >= 0.6 is 0 Å². The topological polar surface area (TPSA) is 86.5 Å². The van der Waals surface area contributed by atoms with Gasteiger partial charge in [-0.1, -0.05) is 9.94 Å². The van der Waals surface area contributed by atoms with E-state index < -0.39 is 11.8 Å². The molecule has 0 radical (unpaired) electrons. The summed E-state index contributed by atoms with van der Waals surface area (Å²) in [5.41, 5.74) is -0.0598. The average molecular weight is 281 g/mol. The Bertz CT molecular complexity index is 614. The second-order valence-electron chi connectivity index (χ2n) is 3.68. The normalized spacial score (nSPS) is 10.3. The van der Waals surface area contributed by atoms with Crippen LogP contribution in [-0.2, 0) is 9.53 Å². The first-order valence-corrected chi connectivity index (χ1v) is 5.80. The molecule has 2 heterocycles. The van der Waals surface area contributed by atoms with Crippen molar-refractivity contribution in [2.24, 2.45) is 0 Å². The van der Waals surface area contributed by atoms with Gasteiger partial charge in [-0.15, -0.1) is 0 Å². The minimum atomic E-state index is -0.611. The molecule has 20 heavy (non-hydrogen) atoms. The van der Waals surface area contributed by atoms with E-state index in [-0.39, 0.29) is 30.5 Å². The summed E-state index contributed by atoms with van der Waals surface area (Å²) < 4.78 is 23.2. The molecule has 1 N–H and O–H groups in total. The van der Waals surface area contributed by atoms with E-state index in [9.17, 15) is 14.4 Å². The standard InChI is InChI=1S/C12H12FN3O4/c1-2-19-11(17)7-20-10-6-9(16(18)15-10)12-8(13)4-3-5-14-12/h3-6,18H,2,7H2,1H3. The zero-order chi connectivity index (χ0) is 14.5. The minimum absolute atomic E-state index is 0.0157. The molecule has 7 nitrogen and oxygen atoms in total. The maximum absolute atomic E-state index is 13.5. The predicted octanol–water partition coefficient (Wildman–Crippen LogP) is 1.26. The maximum Gasteiger partial charge on any atom is 0.344 e. The maximum atomic E-state index is 13.5. The third kappa shape index (κ3) is 3.02. The highest BCUT2D eigenvalue weighted by Crippen LogP contribution is 2.23. The van der Waals surface area contributed by atoms with Gasteiger partial charge in [-0.05, 0) is 19.1 Å². The number of esters is 1. The summed E-state index contributed by atoms with van der Waals surface area (Å²) in [6.07, 6.45) is 1.38. The van der Waals surface area contributed by atoms with Crippen LogP contribution in [0.4, 0.5) is 4.39 Å². The van der Waals surface area contributed by atoms with Crippen molar-refractivity contribution >= 4 is 5.97 Å². The van der Waals surface area contributed by atoms with Gasteiger partial charge in [0, 0.05) is 12.3 Å². The summed E-state index contributed by atoms with van der Waals surface area (Å²) in [4.78, 5) is 15.4. The van der Waals surface area contributed by atoms with Gasteiger partial charge < -0.3 is 14.7 Å². The van der Waals surface area contributed by atoms with Crippen molar-refractivity contribution < 1.29 is 23.9 Å². The Morgan fingerprint density at radius 2 is 2.35 bits per heavy atom. The van der Waals surface area contributed by atoms with Gasteiger partial charge in [0.25, 0.3) is 0 Å². The van der Waals surface area contributed by atoms with Gasteiger partial charge in [-0.25, -0.2) is 9.18 Å². The molecule has 0 atom stereocenters. The van der Waals surface area contributed by atoms with Gasteiger partial charge in [0.2, 0.25) is 5.88 Å². The van der Waals surface area contributed by atoms with Crippen molar-refractivity contribution in [3.63, 3.8) is 0 Å². The van der Waals surface area contributed by atoms with E-state index in [0.717, 1.165) is 0 Å². The average Bonchev–Trinajstić information content (AvgIpc) is 2.79. The van der Waals surface area contributed by atoms with Crippen molar-refractivity contribution in [3.05, 3.63) is 30.2 Å². The van der Waals surface area contributed by atoms with E-state index in [1.54, 1.807) is 6.92 Å². The molecule has 0 fully saturated rings. The van der Waals surface area contributed by atoms with Crippen LogP contribution in [0.15, 0.2) is 24.4 Å². The lowest BCUT2D eigenvalue weighted by molar-refractivity contribution is -0.145. The number of pyridine rings is 1. The number of nitrogens with zero attached hydrogens (tertiary/aromatic N) is 3. The van der Waals surface area contributed by atoms with Crippen molar-refractivity contribution in [3.8, 4) is 17.3 Å². The molecule has 2 rings (SSSR count). The molecule has 0 aliphatic rings. The number of rotatable bonds is 5. The third-order valence-electron chi connectivity index (χ3n) is 2.31. The quantitative estimate of drug-likeness (QED) is 0.656. The molecule has 2 aromatic rings. The van der Waals surface area contributed by atoms with Crippen molar-refractivity contribution in [1.29, 1.82) is 0 Å². The lowest BCUT2D eigenvalue weighted by Crippen LogP contribution is -2.14. The second-order valence-corrected chi connectivity index (χ2v) is 3.68. The Kier molecular flexibility index (Phi) is 4.14. The monoisotopic (exact) mass is 281 g/mol. The number of halogens is 1. The number of aromatic nitrogens is 3. The largest absolute Gasteiger partial charge is 0.464 e. The molecule has 106 valence electrons. The molecule has 0 unspecified atom stereocenters. The van der Waals surface area contributed by atoms with Crippen LogP contribution in [0.1, 0.15) is 6.92 Å². The van der Waals surface area contributed by atoms with E-state index >= 15 is 0 Å². The fourth-order valence-electron chi connectivity index (χ4n) is 1.49. The van der Waals surface area contributed by atoms with Crippen molar-refractivity contribution in [2.45, 2.75) is 6.92 Å². The van der Waals surface area contributed by atoms with Crippen LogP contribution in [0.2, 0.25) is 0 Å². The molecule has 0 spiro atoms. The van der Waals surface area contributed by atoms with E-state index in [0.29, 0.717) is 4.85 Å². The minimum Gasteiger partial charge on any atom is -0.464 e. The summed E-state index contributed by atoms with van der Waals surface area (Å²) in [7, 11) is 0. The summed E-state index contributed by atoms with van der Waals surface area (Å²) in [5.74, 6) is -1.22. The Hall–Kier alpha value is -2.64. The second kappa shape index (κ2) is 6.00. The number of hydrogen-bond acceptors (Lipinski definition) is 6. The van der Waals surface area contributed by atoms with E-state index in [2.05, 4.69) is 14.8 Å². The fourth-order valence-corrected chi connectivity index (χ4v) is 1.49. The van der Waals surface area contributed by atoms with E-state index in [4.69, 9.17) is 4.74 Å². The molecule has 0 aromatic carbocycles. The molecule has 0 bridgehead atoms.